The van der Waals surface area contributed by atoms with Crippen LogP contribution in [0.5, 0.6) is 5.75 Å². The molecular weight excluding hydrogens is 468 g/mol. The van der Waals surface area contributed by atoms with Crippen LogP contribution in [0.1, 0.15) is 23.6 Å². The summed E-state index contributed by atoms with van der Waals surface area (Å²) in [4.78, 5) is 16.6. The van der Waals surface area contributed by atoms with Gasteiger partial charge in [0.1, 0.15) is 11.3 Å². The Morgan fingerprint density at radius 3 is 2.72 bits per heavy atom. The number of nitrogens with one attached hydrogen (secondary N) is 1. The van der Waals surface area contributed by atoms with Gasteiger partial charge in [0.2, 0.25) is 5.91 Å². The predicted molar refractivity (Wildman–Crippen MR) is 130 cm³/mol. The Kier molecular flexibility index (Phi) is 6.42. The molecule has 0 aliphatic carbocycles. The van der Waals surface area contributed by atoms with Crippen LogP contribution in [0.2, 0.25) is 0 Å². The molecule has 5 nitrogen and oxygen atoms in total. The molecule has 6 heteroatoms. The zero-order valence-electron chi connectivity index (χ0n) is 18.1. The van der Waals surface area contributed by atoms with Crippen LogP contribution in [0, 0.1) is 6.92 Å². The number of carbonyl (C=O) groups is 1. The summed E-state index contributed by atoms with van der Waals surface area (Å²) in [5.74, 6) is 0.523. The van der Waals surface area contributed by atoms with Crippen molar-refractivity contribution in [3.05, 3.63) is 88.4 Å². The van der Waals surface area contributed by atoms with Crippen LogP contribution in [-0.2, 0) is 11.3 Å². The van der Waals surface area contributed by atoms with Crippen molar-refractivity contribution < 1.29 is 13.9 Å². The Balaban J connectivity index is 1.70. The van der Waals surface area contributed by atoms with Crippen LogP contribution in [0.4, 0.5) is 0 Å². The summed E-state index contributed by atoms with van der Waals surface area (Å²) < 4.78 is 12.6. The van der Waals surface area contributed by atoms with E-state index >= 15 is 0 Å². The maximum absolute atomic E-state index is 12.5. The largest absolute Gasteiger partial charge is 0.496 e. The summed E-state index contributed by atoms with van der Waals surface area (Å²) in [7, 11) is 1.63. The first-order valence-electron chi connectivity index (χ1n) is 10.2. The lowest BCUT2D eigenvalue weighted by Crippen LogP contribution is -2.20. The standard InChI is InChI=1S/C26H23BrN2O3/c1-16(11-24(30)29-14-18-5-4-10-28-13-18)21-12-22-23(19-6-8-20(27)9-7-19)15-32-26(22)17(2)25(21)31-3/h4-13,15H,14H2,1-3H3,(H,29,30)/b16-11+. The van der Waals surface area contributed by atoms with Gasteiger partial charge in [-0.05, 0) is 54.8 Å². The van der Waals surface area contributed by atoms with E-state index in [-0.39, 0.29) is 5.91 Å². The van der Waals surface area contributed by atoms with Gasteiger partial charge in [-0.15, -0.1) is 0 Å². The van der Waals surface area contributed by atoms with Crippen LogP contribution < -0.4 is 10.1 Å². The summed E-state index contributed by atoms with van der Waals surface area (Å²) in [6.45, 7) is 4.29. The van der Waals surface area contributed by atoms with Crippen LogP contribution in [0.15, 0.2) is 76.1 Å². The molecule has 0 spiro atoms. The Morgan fingerprint density at radius 1 is 1.25 bits per heavy atom. The third-order valence-corrected chi connectivity index (χ3v) is 5.89. The lowest BCUT2D eigenvalue weighted by Gasteiger charge is -2.13. The second-order valence-electron chi connectivity index (χ2n) is 7.52. The van der Waals surface area contributed by atoms with E-state index in [1.807, 2.05) is 56.3 Å². The van der Waals surface area contributed by atoms with Crippen LogP contribution in [0.25, 0.3) is 27.7 Å². The Labute approximate surface area is 195 Å². The van der Waals surface area contributed by atoms with Crippen LogP contribution in [0.3, 0.4) is 0 Å². The van der Waals surface area contributed by atoms with Crippen molar-refractivity contribution in [2.45, 2.75) is 20.4 Å². The number of hydrogen-bond donors (Lipinski definition) is 1. The molecule has 0 atom stereocenters. The predicted octanol–water partition coefficient (Wildman–Crippen LogP) is 6.29. The number of carbonyl (C=O) groups excluding carboxylic acids is 1. The fourth-order valence-electron chi connectivity index (χ4n) is 3.74. The maximum Gasteiger partial charge on any atom is 0.244 e. The molecule has 2 aromatic carbocycles. The smallest absolute Gasteiger partial charge is 0.244 e. The Bertz CT molecular complexity index is 1290. The second-order valence-corrected chi connectivity index (χ2v) is 8.44. The van der Waals surface area contributed by atoms with E-state index < -0.39 is 0 Å². The second kappa shape index (κ2) is 9.40. The molecule has 2 aromatic heterocycles. The summed E-state index contributed by atoms with van der Waals surface area (Å²) in [6, 6.07) is 13.9. The van der Waals surface area contributed by atoms with Gasteiger partial charge in [0.15, 0.2) is 0 Å². The molecule has 0 aliphatic heterocycles. The van der Waals surface area contributed by atoms with E-state index in [0.717, 1.165) is 48.8 Å². The number of aryl methyl sites for hydroxylation is 1. The minimum atomic E-state index is -0.175. The van der Waals surface area contributed by atoms with Gasteiger partial charge >= 0.3 is 0 Å². The lowest BCUT2D eigenvalue weighted by molar-refractivity contribution is -0.116. The number of methoxy groups -OCH3 is 1. The number of hydrogen-bond acceptors (Lipinski definition) is 4. The molecule has 32 heavy (non-hydrogen) atoms. The highest BCUT2D eigenvalue weighted by molar-refractivity contribution is 9.10. The van der Waals surface area contributed by atoms with Gasteiger partial charge in [0.05, 0.1) is 13.4 Å². The summed E-state index contributed by atoms with van der Waals surface area (Å²) in [5.41, 5.74) is 6.32. The van der Waals surface area contributed by atoms with Gasteiger partial charge in [-0.25, -0.2) is 0 Å². The summed E-state index contributed by atoms with van der Waals surface area (Å²) in [6.07, 6.45) is 6.81. The average molecular weight is 491 g/mol. The van der Waals surface area contributed by atoms with Crippen molar-refractivity contribution in [1.82, 2.24) is 10.3 Å². The first-order chi connectivity index (χ1) is 15.5. The Hall–Kier alpha value is -3.38. The number of nitrogens with zero attached hydrogens (tertiary/aromatic N) is 1. The van der Waals surface area contributed by atoms with Gasteiger partial charge in [-0.3, -0.25) is 9.78 Å². The number of pyridine rings is 1. The molecule has 4 rings (SSSR count). The van der Waals surface area contributed by atoms with Gasteiger partial charge < -0.3 is 14.5 Å². The van der Waals surface area contributed by atoms with Crippen molar-refractivity contribution in [2.75, 3.05) is 7.11 Å². The first-order valence-corrected chi connectivity index (χ1v) is 11.0. The van der Waals surface area contributed by atoms with Crippen molar-refractivity contribution in [2.24, 2.45) is 0 Å². The van der Waals surface area contributed by atoms with Crippen molar-refractivity contribution in [1.29, 1.82) is 0 Å². The third kappa shape index (κ3) is 4.46. The average Bonchev–Trinajstić information content (AvgIpc) is 3.23. The molecule has 0 bridgehead atoms. The van der Waals surface area contributed by atoms with Crippen LogP contribution >= 0.6 is 15.9 Å². The fraction of sp³-hybridized carbons (Fsp3) is 0.154. The van der Waals surface area contributed by atoms with E-state index in [1.165, 1.54) is 0 Å². The number of allylic oxidation sites excluding steroid dienone is 1. The molecular formula is C26H23BrN2O3. The molecule has 0 unspecified atom stereocenters. The maximum atomic E-state index is 12.5. The normalized spacial score (nSPS) is 11.6. The van der Waals surface area contributed by atoms with E-state index in [9.17, 15) is 4.79 Å². The molecule has 2 heterocycles. The Morgan fingerprint density at radius 2 is 2.03 bits per heavy atom. The summed E-state index contributed by atoms with van der Waals surface area (Å²) >= 11 is 3.48. The van der Waals surface area contributed by atoms with E-state index in [2.05, 4.69) is 26.2 Å². The van der Waals surface area contributed by atoms with E-state index in [0.29, 0.717) is 12.3 Å². The number of furan rings is 1. The molecule has 162 valence electrons. The SMILES string of the molecule is COc1c(/C(C)=C/C(=O)NCc2cccnc2)cc2c(-c3ccc(Br)cc3)coc2c1C. The zero-order chi connectivity index (χ0) is 22.7. The molecule has 0 saturated carbocycles. The number of benzene rings is 2. The number of rotatable bonds is 6. The molecule has 1 N–H and O–H groups in total. The number of ether oxygens (including phenoxy) is 1. The van der Waals surface area contributed by atoms with Gasteiger partial charge in [0, 0.05) is 51.6 Å². The third-order valence-electron chi connectivity index (χ3n) is 5.37. The quantitative estimate of drug-likeness (QED) is 0.322. The first kappa shape index (κ1) is 21.8. The number of amides is 1. The van der Waals surface area contributed by atoms with Crippen molar-refractivity contribution in [3.8, 4) is 16.9 Å². The monoisotopic (exact) mass is 490 g/mol. The van der Waals surface area contributed by atoms with Gasteiger partial charge in [0.25, 0.3) is 0 Å². The molecule has 0 radical (unpaired) electrons. The highest BCUT2D eigenvalue weighted by atomic mass is 79.9. The number of halogens is 1. The molecule has 0 fully saturated rings. The summed E-state index contributed by atoms with van der Waals surface area (Å²) in [5, 5.41) is 3.88. The van der Waals surface area contributed by atoms with Crippen molar-refractivity contribution >= 4 is 38.4 Å². The topological polar surface area (TPSA) is 64.4 Å². The highest BCUT2D eigenvalue weighted by Crippen LogP contribution is 2.40. The molecule has 0 saturated heterocycles. The molecule has 1 amide bonds. The number of fused-ring (bicyclic) bond motifs is 1. The van der Waals surface area contributed by atoms with Crippen molar-refractivity contribution in [3.63, 3.8) is 0 Å². The fourth-order valence-corrected chi connectivity index (χ4v) is 4.01. The highest BCUT2D eigenvalue weighted by Gasteiger charge is 2.18. The zero-order valence-corrected chi connectivity index (χ0v) is 19.7. The van der Waals surface area contributed by atoms with E-state index in [4.69, 9.17) is 9.15 Å². The molecule has 0 aliphatic rings. The van der Waals surface area contributed by atoms with Crippen LogP contribution in [-0.4, -0.2) is 18.0 Å². The number of aromatic nitrogens is 1. The lowest BCUT2D eigenvalue weighted by atomic mass is 9.96. The van der Waals surface area contributed by atoms with E-state index in [1.54, 1.807) is 31.8 Å². The molecule has 4 aromatic rings. The minimum Gasteiger partial charge on any atom is -0.496 e. The van der Waals surface area contributed by atoms with Gasteiger partial charge in [-0.1, -0.05) is 34.1 Å². The minimum absolute atomic E-state index is 0.175. The van der Waals surface area contributed by atoms with Gasteiger partial charge in [-0.2, -0.15) is 0 Å².